The topological polar surface area (TPSA) is 115 Å². The molecule has 4 heterocycles. The summed E-state index contributed by atoms with van der Waals surface area (Å²) in [5, 5.41) is 15.1. The molecule has 2 aromatic heterocycles. The van der Waals surface area contributed by atoms with Crippen molar-refractivity contribution in [3.63, 3.8) is 0 Å². The predicted molar refractivity (Wildman–Crippen MR) is 152 cm³/mol. The first-order chi connectivity index (χ1) is 19.9. The van der Waals surface area contributed by atoms with Gasteiger partial charge in [0, 0.05) is 42.3 Å². The SMILES string of the molecule is COc1cc2nc(N3[C@@H]4CC[C@H]3C[C@H](OC(=O)c3c(C56CCC(CC5)CC6)noc3C3CC3)C4)sc2cc1C(=O)O. The molecule has 4 aliphatic carbocycles. The van der Waals surface area contributed by atoms with Gasteiger partial charge in [-0.05, 0) is 76.2 Å². The van der Waals surface area contributed by atoms with E-state index in [1.165, 1.54) is 37.7 Å². The second kappa shape index (κ2) is 9.44. The Hall–Kier alpha value is -3.14. The molecule has 1 N–H and O–H groups in total. The van der Waals surface area contributed by atoms with E-state index in [1.54, 1.807) is 12.1 Å². The molecular weight excluding hydrogens is 542 g/mol. The number of aromatic carboxylic acids is 1. The van der Waals surface area contributed by atoms with Crippen molar-refractivity contribution >= 4 is 38.6 Å². The Bertz CT molecular complexity index is 1510. The summed E-state index contributed by atoms with van der Waals surface area (Å²) in [7, 11) is 1.47. The number of carbonyl (C=O) groups is 2. The van der Waals surface area contributed by atoms with Crippen LogP contribution in [0.25, 0.3) is 10.2 Å². The summed E-state index contributed by atoms with van der Waals surface area (Å²) in [6.07, 6.45) is 12.5. The summed E-state index contributed by atoms with van der Waals surface area (Å²) in [5.74, 6) is 0.953. The first-order valence-electron chi connectivity index (χ1n) is 15.1. The van der Waals surface area contributed by atoms with E-state index in [4.69, 9.17) is 19.0 Å². The first kappa shape index (κ1) is 25.6. The van der Waals surface area contributed by atoms with Crippen LogP contribution in [0.15, 0.2) is 16.7 Å². The van der Waals surface area contributed by atoms with Crippen molar-refractivity contribution in [2.24, 2.45) is 5.92 Å². The Labute approximate surface area is 242 Å². The lowest BCUT2D eigenvalue weighted by Crippen LogP contribution is -2.46. The maximum Gasteiger partial charge on any atom is 0.344 e. The molecule has 9 nitrogen and oxygen atoms in total. The Morgan fingerprint density at radius 2 is 1.76 bits per heavy atom. The Morgan fingerprint density at radius 1 is 1.05 bits per heavy atom. The Kier molecular flexibility index (Phi) is 5.89. The highest BCUT2D eigenvalue weighted by atomic mass is 32.1. The van der Waals surface area contributed by atoms with Crippen LogP contribution in [0.5, 0.6) is 5.75 Å². The van der Waals surface area contributed by atoms with E-state index in [0.29, 0.717) is 17.2 Å². The molecule has 0 spiro atoms. The molecule has 2 aliphatic heterocycles. The molecule has 4 bridgehead atoms. The summed E-state index contributed by atoms with van der Waals surface area (Å²) < 4.78 is 18.4. The minimum absolute atomic E-state index is 0.0296. The molecule has 3 aromatic rings. The van der Waals surface area contributed by atoms with Crippen molar-refractivity contribution in [3.8, 4) is 5.75 Å². The summed E-state index contributed by atoms with van der Waals surface area (Å²) >= 11 is 1.52. The van der Waals surface area contributed by atoms with Crippen molar-refractivity contribution in [2.75, 3.05) is 12.0 Å². The number of esters is 1. The van der Waals surface area contributed by atoms with Gasteiger partial charge in [0.05, 0.1) is 17.3 Å². The number of methoxy groups -OCH3 is 1. The van der Waals surface area contributed by atoms with Crippen LogP contribution in [-0.2, 0) is 10.2 Å². The Balaban J connectivity index is 1.03. The molecular formula is C31H35N3O6S. The molecule has 1 aromatic carbocycles. The van der Waals surface area contributed by atoms with Gasteiger partial charge in [-0.15, -0.1) is 0 Å². The fraction of sp³-hybridized carbons (Fsp3) is 0.613. The molecule has 216 valence electrons. The lowest BCUT2D eigenvalue weighted by molar-refractivity contribution is 0.0195. The number of piperidine rings is 1. The Morgan fingerprint density at radius 3 is 2.39 bits per heavy atom. The maximum absolute atomic E-state index is 13.9. The van der Waals surface area contributed by atoms with Gasteiger partial charge in [0.25, 0.3) is 0 Å². The molecule has 6 fully saturated rings. The molecule has 0 amide bonds. The highest BCUT2D eigenvalue weighted by Crippen LogP contribution is 2.54. The fourth-order valence-corrected chi connectivity index (χ4v) is 9.36. The van der Waals surface area contributed by atoms with Crippen LogP contribution < -0.4 is 9.64 Å². The zero-order valence-corrected chi connectivity index (χ0v) is 24.1. The van der Waals surface area contributed by atoms with E-state index >= 15 is 0 Å². The minimum Gasteiger partial charge on any atom is -0.496 e. The fourth-order valence-electron chi connectivity index (χ4n) is 8.23. The molecule has 0 unspecified atom stereocenters. The summed E-state index contributed by atoms with van der Waals surface area (Å²) in [5.41, 5.74) is 2.38. The van der Waals surface area contributed by atoms with Crippen LogP contribution in [0.1, 0.15) is 115 Å². The van der Waals surface area contributed by atoms with E-state index < -0.39 is 5.97 Å². The standard InChI is InChI=1S/C31H35N3O6S/c1-38-23-15-22-24(14-21(23)28(35)36)41-30(32-22)34-18-4-5-19(34)13-20(12-18)39-29(37)25-26(17-2-3-17)40-33-27(25)31-9-6-16(7-10-31)8-11-31/h14-20H,2-13H2,1H3,(H,35,36)/t16?,18-,19+,20-,31?. The average Bonchev–Trinajstić information content (AvgIpc) is 3.48. The van der Waals surface area contributed by atoms with E-state index in [0.717, 1.165) is 90.5 Å². The number of ether oxygens (including phenoxy) is 2. The number of fused-ring (bicyclic) bond motifs is 6. The molecule has 41 heavy (non-hydrogen) atoms. The third kappa shape index (κ3) is 4.15. The molecule has 4 saturated carbocycles. The van der Waals surface area contributed by atoms with Gasteiger partial charge in [-0.25, -0.2) is 14.6 Å². The van der Waals surface area contributed by atoms with Gasteiger partial charge in [-0.2, -0.15) is 0 Å². The van der Waals surface area contributed by atoms with Crippen LogP contribution in [0, 0.1) is 5.92 Å². The molecule has 0 radical (unpaired) electrons. The zero-order chi connectivity index (χ0) is 27.9. The number of rotatable bonds is 7. The number of nitrogens with zero attached hydrogens (tertiary/aromatic N) is 3. The molecule has 2 saturated heterocycles. The van der Waals surface area contributed by atoms with Crippen molar-refractivity contribution in [1.29, 1.82) is 0 Å². The van der Waals surface area contributed by atoms with Gasteiger partial charge in [-0.1, -0.05) is 16.5 Å². The highest BCUT2D eigenvalue weighted by Gasteiger charge is 2.49. The number of carboxylic acid groups (broad SMARTS) is 1. The number of carbonyl (C=O) groups excluding carboxylic acids is 1. The molecule has 3 atom stereocenters. The third-order valence-electron chi connectivity index (χ3n) is 10.6. The minimum atomic E-state index is -1.02. The summed E-state index contributed by atoms with van der Waals surface area (Å²) in [6.45, 7) is 0. The van der Waals surface area contributed by atoms with Gasteiger partial charge >= 0.3 is 11.9 Å². The largest absolute Gasteiger partial charge is 0.496 e. The number of anilines is 1. The van der Waals surface area contributed by atoms with Crippen LogP contribution in [-0.4, -0.2) is 52.5 Å². The quantitative estimate of drug-likeness (QED) is 0.316. The van der Waals surface area contributed by atoms with Crippen LogP contribution in [0.4, 0.5) is 5.13 Å². The number of hydrogen-bond donors (Lipinski definition) is 1. The molecule has 6 aliphatic rings. The third-order valence-corrected chi connectivity index (χ3v) is 11.6. The summed E-state index contributed by atoms with van der Waals surface area (Å²) in [4.78, 5) is 32.9. The van der Waals surface area contributed by atoms with Crippen molar-refractivity contribution in [1.82, 2.24) is 10.1 Å². The van der Waals surface area contributed by atoms with E-state index in [-0.39, 0.29) is 35.1 Å². The van der Waals surface area contributed by atoms with Gasteiger partial charge < -0.3 is 24.0 Å². The maximum atomic E-state index is 13.9. The van der Waals surface area contributed by atoms with Crippen molar-refractivity contribution < 1.29 is 28.7 Å². The zero-order valence-electron chi connectivity index (χ0n) is 23.3. The number of aromatic nitrogens is 2. The van der Waals surface area contributed by atoms with Gasteiger partial charge in [0.15, 0.2) is 10.9 Å². The number of carboxylic acids is 1. The van der Waals surface area contributed by atoms with Crippen molar-refractivity contribution in [2.45, 2.75) is 107 Å². The normalized spacial score (nSPS) is 30.6. The van der Waals surface area contributed by atoms with E-state index in [9.17, 15) is 14.7 Å². The molecule has 9 rings (SSSR count). The lowest BCUT2D eigenvalue weighted by atomic mass is 9.59. The number of thiazole rings is 1. The van der Waals surface area contributed by atoms with Crippen LogP contribution in [0.2, 0.25) is 0 Å². The number of hydrogen-bond acceptors (Lipinski definition) is 9. The molecule has 10 heteroatoms. The first-order valence-corrected chi connectivity index (χ1v) is 16.0. The average molecular weight is 578 g/mol. The monoisotopic (exact) mass is 577 g/mol. The van der Waals surface area contributed by atoms with Crippen LogP contribution >= 0.6 is 11.3 Å². The van der Waals surface area contributed by atoms with Crippen LogP contribution in [0.3, 0.4) is 0 Å². The number of benzene rings is 1. The van der Waals surface area contributed by atoms with Crippen molar-refractivity contribution in [3.05, 3.63) is 34.7 Å². The van der Waals surface area contributed by atoms with Gasteiger partial charge in [0.1, 0.15) is 28.7 Å². The summed E-state index contributed by atoms with van der Waals surface area (Å²) in [6, 6.07) is 3.82. The van der Waals surface area contributed by atoms with E-state index in [1.807, 2.05) is 0 Å². The predicted octanol–water partition coefficient (Wildman–Crippen LogP) is 6.45. The van der Waals surface area contributed by atoms with E-state index in [2.05, 4.69) is 10.1 Å². The van der Waals surface area contributed by atoms with Gasteiger partial charge in [0.2, 0.25) is 0 Å². The second-order valence-electron chi connectivity index (χ2n) is 12.9. The lowest BCUT2D eigenvalue weighted by Gasteiger charge is -2.45. The smallest absolute Gasteiger partial charge is 0.344 e. The second-order valence-corrected chi connectivity index (χ2v) is 13.9. The van der Waals surface area contributed by atoms with Gasteiger partial charge in [-0.3, -0.25) is 0 Å². The highest BCUT2D eigenvalue weighted by molar-refractivity contribution is 7.22.